The molecule has 0 heterocycles. The van der Waals surface area contributed by atoms with Crippen molar-refractivity contribution in [1.82, 2.24) is 0 Å². The van der Waals surface area contributed by atoms with Gasteiger partial charge in [-0.25, -0.2) is 0 Å². The summed E-state index contributed by atoms with van der Waals surface area (Å²) in [5.74, 6) is 168. The lowest BCUT2D eigenvalue weighted by Gasteiger charge is -1.57. The summed E-state index contributed by atoms with van der Waals surface area (Å²) in [6, 6.07) is 0. The lowest BCUT2D eigenvalue weighted by atomic mass is 10.4. The third-order valence-corrected chi connectivity index (χ3v) is 4.21. The van der Waals surface area contributed by atoms with Crippen LogP contribution in [-0.4, -0.2) is 0 Å². The molecule has 0 aromatic carbocycles. The predicted molar refractivity (Wildman–Crippen MR) is 274 cm³/mol. The van der Waals surface area contributed by atoms with Gasteiger partial charge in [-0.3, -0.25) is 0 Å². The molecule has 0 aliphatic carbocycles. The van der Waals surface area contributed by atoms with Gasteiger partial charge in [-0.15, -0.1) is 12.8 Å². The highest BCUT2D eigenvalue weighted by Gasteiger charge is 1.64. The molecule has 282 valence electrons. The summed E-state index contributed by atoms with van der Waals surface area (Å²) >= 11 is 0. The number of hydrogen-bond acceptors (Lipinski definition) is 0. The number of terminal acetylenes is 2. The highest BCUT2D eigenvalue weighted by atomic mass is 13.6. The second-order valence-corrected chi connectivity index (χ2v) is 8.54. The topological polar surface area (TPSA) is 0 Å². The fourth-order valence-electron chi connectivity index (χ4n) is 2.07. The summed E-state index contributed by atoms with van der Waals surface area (Å²) in [5, 5.41) is 0. The normalized spacial score (nSPS) is 3.91. The molecule has 0 N–H and O–H groups in total. The van der Waals surface area contributed by atoms with Gasteiger partial charge in [0.15, 0.2) is 0 Å². The van der Waals surface area contributed by atoms with Crippen molar-refractivity contribution in [3.05, 3.63) is 0 Å². The van der Waals surface area contributed by atoms with Gasteiger partial charge >= 0.3 is 0 Å². The molecule has 0 saturated heterocycles. The van der Waals surface area contributed by atoms with E-state index in [4.69, 9.17) is 12.8 Å². The van der Waals surface area contributed by atoms with Crippen LogP contribution >= 0.6 is 0 Å². The van der Waals surface area contributed by atoms with Gasteiger partial charge < -0.3 is 0 Å². The van der Waals surface area contributed by atoms with Gasteiger partial charge in [-0.1, -0.05) is 0 Å². The average molecular weight is 843 g/mol. The van der Waals surface area contributed by atoms with Gasteiger partial charge in [-0.2, -0.15) is 0 Å². The Hall–Kier alpha value is -15.4. The Morgan fingerprint density at radius 3 is 0.157 bits per heavy atom. The third-order valence-electron chi connectivity index (χ3n) is 4.21. The molecule has 70 heavy (non-hydrogen) atoms. The van der Waals surface area contributed by atoms with Gasteiger partial charge in [0.1, 0.15) is 0 Å². The minimum atomic E-state index is 2.12. The molecule has 0 aliphatic heterocycles. The number of hydrogen-bond donors (Lipinski definition) is 0. The van der Waals surface area contributed by atoms with Crippen LogP contribution in [0, 0.1) is 415 Å². The van der Waals surface area contributed by atoms with Crippen LogP contribution in [0.25, 0.3) is 0 Å². The van der Waals surface area contributed by atoms with Crippen molar-refractivity contribution in [2.75, 3.05) is 0 Å². The van der Waals surface area contributed by atoms with E-state index in [1.165, 1.54) is 0 Å². The Labute approximate surface area is 413 Å². The van der Waals surface area contributed by atoms with Gasteiger partial charge in [0.05, 0.1) is 0 Å². The Morgan fingerprint density at radius 2 is 0.114 bits per heavy atom. The van der Waals surface area contributed by atoms with E-state index in [9.17, 15) is 0 Å². The maximum absolute atomic E-state index is 4.95. The monoisotopic (exact) mass is 842 g/mol. The second-order valence-electron chi connectivity index (χ2n) is 8.54. The van der Waals surface area contributed by atoms with E-state index in [0.29, 0.717) is 0 Å². The molecule has 0 rings (SSSR count). The zero-order valence-electron chi connectivity index (χ0n) is 35.2. The molecule has 0 amide bonds. The van der Waals surface area contributed by atoms with E-state index in [1.54, 1.807) is 0 Å². The Morgan fingerprint density at radius 1 is 0.0714 bits per heavy atom. The van der Waals surface area contributed by atoms with E-state index in [-0.39, 0.29) is 0 Å². The second kappa shape index (κ2) is 53.6. The van der Waals surface area contributed by atoms with E-state index >= 15 is 0 Å². The molecule has 0 nitrogen and oxygen atoms in total. The Bertz CT molecular complexity index is 4320. The van der Waals surface area contributed by atoms with Gasteiger partial charge in [0, 0.05) is 308 Å². The van der Waals surface area contributed by atoms with Crippen molar-refractivity contribution in [2.24, 2.45) is 0 Å². The Kier molecular flexibility index (Phi) is 41.8. The molecule has 0 radical (unpaired) electrons. The van der Waals surface area contributed by atoms with Crippen molar-refractivity contribution >= 4 is 0 Å². The molecule has 0 aromatic rings. The summed E-state index contributed by atoms with van der Waals surface area (Å²) in [5.41, 5.74) is 0. The molecule has 0 heteroatoms. The highest BCUT2D eigenvalue weighted by molar-refractivity contribution is 5.53. The van der Waals surface area contributed by atoms with Crippen LogP contribution < -0.4 is 0 Å². The van der Waals surface area contributed by atoms with Crippen LogP contribution in [0.3, 0.4) is 0 Å². The van der Waals surface area contributed by atoms with Gasteiger partial charge in [0.25, 0.3) is 0 Å². The first-order valence-electron chi connectivity index (χ1n) is 17.3. The van der Waals surface area contributed by atoms with Crippen molar-refractivity contribution in [3.63, 3.8) is 0 Å². The largest absolute Gasteiger partial charge is 0.106 e. The summed E-state index contributed by atoms with van der Waals surface area (Å²) in [7, 11) is 0. The first-order valence-corrected chi connectivity index (χ1v) is 17.3. The molecule has 0 bridgehead atoms. The lowest BCUT2D eigenvalue weighted by Crippen LogP contribution is -1.57. The first-order chi connectivity index (χ1) is 34.9. The van der Waals surface area contributed by atoms with Crippen molar-refractivity contribution in [1.29, 1.82) is 0 Å². The number of rotatable bonds is 0. The fourth-order valence-corrected chi connectivity index (χ4v) is 2.07. The van der Waals surface area contributed by atoms with Gasteiger partial charge in [-0.05, 0) is 94.7 Å². The lowest BCUT2D eigenvalue weighted by molar-refractivity contribution is 2.31. The fraction of sp³-hybridized carbons (Fsp3) is 0. The molecular formula is C70H2. The molecule has 0 fully saturated rings. The van der Waals surface area contributed by atoms with Crippen molar-refractivity contribution < 1.29 is 0 Å². The van der Waals surface area contributed by atoms with E-state index in [2.05, 4.69) is 403 Å². The third kappa shape index (κ3) is 52.6. The van der Waals surface area contributed by atoms with Crippen LogP contribution in [0.15, 0.2) is 0 Å². The van der Waals surface area contributed by atoms with E-state index in [0.717, 1.165) is 0 Å². The van der Waals surface area contributed by atoms with Crippen molar-refractivity contribution in [3.8, 4) is 415 Å². The zero-order valence-corrected chi connectivity index (χ0v) is 35.2. The average Bonchev–Trinajstić information content (AvgIpc) is 3.37. The smallest absolute Gasteiger partial charge is 0 e. The van der Waals surface area contributed by atoms with Crippen molar-refractivity contribution in [2.45, 2.75) is 0 Å². The van der Waals surface area contributed by atoms with Crippen LogP contribution in [0.2, 0.25) is 0 Å². The zero-order chi connectivity index (χ0) is 50.1. The maximum atomic E-state index is 4.95. The molecule has 0 aromatic heterocycles. The molecule has 0 aliphatic rings. The molecule has 0 saturated carbocycles. The molecule has 0 unspecified atom stereocenters. The van der Waals surface area contributed by atoms with E-state index in [1.807, 2.05) is 0 Å². The molecule has 0 atom stereocenters. The van der Waals surface area contributed by atoms with Gasteiger partial charge in [0.2, 0.25) is 0 Å². The minimum absolute atomic E-state index is 2.12. The molecule has 0 spiro atoms. The Balaban J connectivity index is 4.60. The van der Waals surface area contributed by atoms with E-state index < -0.39 is 0 Å². The predicted octanol–water partition coefficient (Wildman–Crippen LogP) is 0.365. The minimum Gasteiger partial charge on any atom is -0.106 e. The standard InChI is InChI=1S/C70H2/c1-3-5-7-9-11-13-15-17-19-21-23-25-27-29-31-33-35-37-39-41-43-45-47-49-51-53-55-57-59-61-63-65-67-69-70-68-66-64-62-60-58-56-54-52-50-48-46-44-42-40-38-36-34-32-30-28-26-24-22-20-18-16-14-12-10-8-6-4-2/h1-2H. The SMILES string of the molecule is C#CC#CC#CC#CC#CC#CC#CC#CC#CC#CC#CC#CC#CC#CC#CC#CC#CC#CC#CC#CC#CC#CC#CC#CC#CC#CC#CC#CC#CC#CC#CC#CC#CC#CC#C. The maximum Gasteiger partial charge on any atom is 0 e. The van der Waals surface area contributed by atoms with Crippen LogP contribution in [-0.2, 0) is 0 Å². The quantitative estimate of drug-likeness (QED) is 0.310. The molecular weight excluding hydrogens is 841 g/mol. The summed E-state index contributed by atoms with van der Waals surface area (Å²) in [4.78, 5) is 0. The van der Waals surface area contributed by atoms with Crippen LogP contribution in [0.5, 0.6) is 0 Å². The first kappa shape index (κ1) is 54.6. The summed E-state index contributed by atoms with van der Waals surface area (Å²) in [6.07, 6.45) is 9.89. The van der Waals surface area contributed by atoms with Crippen LogP contribution in [0.4, 0.5) is 0 Å². The highest BCUT2D eigenvalue weighted by Crippen LogP contribution is 1.64. The summed E-state index contributed by atoms with van der Waals surface area (Å²) in [6.45, 7) is 0. The van der Waals surface area contributed by atoms with Crippen LogP contribution in [0.1, 0.15) is 0 Å². The summed E-state index contributed by atoms with van der Waals surface area (Å²) < 4.78 is 0.